The number of aromatic nitrogens is 1. The van der Waals surface area contributed by atoms with Crippen LogP contribution in [-0.2, 0) is 4.74 Å². The number of amides is 1. The number of ether oxygens (including phenoxy) is 1. The van der Waals surface area contributed by atoms with E-state index in [4.69, 9.17) is 10.5 Å². The Labute approximate surface area is 117 Å². The molecule has 20 heavy (non-hydrogen) atoms. The molecule has 2 aromatic rings. The third-order valence-electron chi connectivity index (χ3n) is 3.78. The van der Waals surface area contributed by atoms with Gasteiger partial charge < -0.3 is 20.8 Å². The van der Waals surface area contributed by atoms with E-state index in [0.29, 0.717) is 23.8 Å². The fourth-order valence-electron chi connectivity index (χ4n) is 2.56. The van der Waals surface area contributed by atoms with Gasteiger partial charge in [-0.1, -0.05) is 0 Å². The maximum atomic E-state index is 12.1. The van der Waals surface area contributed by atoms with Crippen LogP contribution in [0.15, 0.2) is 24.3 Å². The molecular weight excluding hydrogens is 254 g/mol. The van der Waals surface area contributed by atoms with Gasteiger partial charge in [-0.15, -0.1) is 0 Å². The lowest BCUT2D eigenvalue weighted by Gasteiger charge is -2.21. The van der Waals surface area contributed by atoms with Crippen LogP contribution in [0.4, 0.5) is 5.69 Å². The van der Waals surface area contributed by atoms with Crippen LogP contribution in [0.1, 0.15) is 23.3 Å². The van der Waals surface area contributed by atoms with Gasteiger partial charge in [0.25, 0.3) is 5.91 Å². The van der Waals surface area contributed by atoms with Crippen molar-refractivity contribution in [1.29, 1.82) is 0 Å². The monoisotopic (exact) mass is 273 g/mol. The summed E-state index contributed by atoms with van der Waals surface area (Å²) < 4.78 is 5.31. The molecule has 0 saturated carbocycles. The van der Waals surface area contributed by atoms with Crippen molar-refractivity contribution in [3.63, 3.8) is 0 Å². The predicted molar refractivity (Wildman–Crippen MR) is 78.6 cm³/mol. The van der Waals surface area contributed by atoms with Gasteiger partial charge in [0, 0.05) is 36.3 Å². The minimum Gasteiger partial charge on any atom is -0.399 e. The second-order valence-corrected chi connectivity index (χ2v) is 5.30. The molecule has 2 heterocycles. The van der Waals surface area contributed by atoms with Gasteiger partial charge in [-0.05, 0) is 43.0 Å². The van der Waals surface area contributed by atoms with E-state index in [2.05, 4.69) is 10.3 Å². The van der Waals surface area contributed by atoms with E-state index >= 15 is 0 Å². The Morgan fingerprint density at radius 2 is 2.15 bits per heavy atom. The van der Waals surface area contributed by atoms with Crippen LogP contribution < -0.4 is 11.1 Å². The maximum absolute atomic E-state index is 12.1. The zero-order valence-corrected chi connectivity index (χ0v) is 11.3. The van der Waals surface area contributed by atoms with Crippen LogP contribution in [0, 0.1) is 5.92 Å². The Kier molecular flexibility index (Phi) is 3.60. The number of nitrogens with one attached hydrogen (secondary N) is 2. The molecule has 1 aromatic carbocycles. The second-order valence-electron chi connectivity index (χ2n) is 5.30. The number of nitrogens with two attached hydrogens (primary N) is 1. The fraction of sp³-hybridized carbons (Fsp3) is 0.400. The number of hydrogen-bond acceptors (Lipinski definition) is 3. The first-order valence-corrected chi connectivity index (χ1v) is 6.96. The average molecular weight is 273 g/mol. The van der Waals surface area contributed by atoms with Crippen molar-refractivity contribution in [1.82, 2.24) is 10.3 Å². The van der Waals surface area contributed by atoms with Crippen LogP contribution in [0.3, 0.4) is 0 Å². The van der Waals surface area contributed by atoms with Crippen LogP contribution in [0.25, 0.3) is 10.9 Å². The minimum atomic E-state index is -0.0636. The largest absolute Gasteiger partial charge is 0.399 e. The van der Waals surface area contributed by atoms with E-state index in [1.165, 1.54) is 0 Å². The highest BCUT2D eigenvalue weighted by Gasteiger charge is 2.16. The third kappa shape index (κ3) is 2.77. The lowest BCUT2D eigenvalue weighted by molar-refractivity contribution is 0.0642. The Bertz CT molecular complexity index is 615. The number of carbonyl (C=O) groups is 1. The van der Waals surface area contributed by atoms with Crippen molar-refractivity contribution in [3.05, 3.63) is 30.0 Å². The van der Waals surface area contributed by atoms with E-state index in [0.717, 1.165) is 37.0 Å². The number of hydrogen-bond donors (Lipinski definition) is 3. The van der Waals surface area contributed by atoms with Gasteiger partial charge in [0.2, 0.25) is 0 Å². The first-order valence-electron chi connectivity index (χ1n) is 6.96. The molecular formula is C15H19N3O2. The quantitative estimate of drug-likeness (QED) is 0.747. The van der Waals surface area contributed by atoms with E-state index in [1.54, 1.807) is 0 Å². The van der Waals surface area contributed by atoms with Gasteiger partial charge in [-0.2, -0.15) is 0 Å². The summed E-state index contributed by atoms with van der Waals surface area (Å²) >= 11 is 0. The molecule has 0 bridgehead atoms. The van der Waals surface area contributed by atoms with Crippen molar-refractivity contribution in [2.24, 2.45) is 5.92 Å². The van der Waals surface area contributed by atoms with E-state index < -0.39 is 0 Å². The molecule has 1 saturated heterocycles. The molecule has 1 fully saturated rings. The summed E-state index contributed by atoms with van der Waals surface area (Å²) in [6.07, 6.45) is 2.03. The van der Waals surface area contributed by atoms with E-state index in [1.807, 2.05) is 24.3 Å². The molecule has 1 aliphatic heterocycles. The Morgan fingerprint density at radius 3 is 2.95 bits per heavy atom. The molecule has 106 valence electrons. The van der Waals surface area contributed by atoms with Crippen LogP contribution >= 0.6 is 0 Å². The number of anilines is 1. The normalized spacial score (nSPS) is 16.4. The molecule has 0 aliphatic carbocycles. The number of benzene rings is 1. The maximum Gasteiger partial charge on any atom is 0.267 e. The summed E-state index contributed by atoms with van der Waals surface area (Å²) in [5.41, 5.74) is 7.95. The highest BCUT2D eigenvalue weighted by Crippen LogP contribution is 2.18. The predicted octanol–water partition coefficient (Wildman–Crippen LogP) is 1.91. The molecule has 0 unspecified atom stereocenters. The number of nitrogen functional groups attached to an aromatic ring is 1. The standard InChI is InChI=1S/C15H19N3O2/c16-12-1-2-13-11(7-12)8-14(18-13)15(19)17-9-10-3-5-20-6-4-10/h1-2,7-8,10,18H,3-6,9,16H2,(H,17,19). The van der Waals surface area contributed by atoms with Gasteiger partial charge in [0.1, 0.15) is 5.69 Å². The zero-order valence-electron chi connectivity index (χ0n) is 11.3. The van der Waals surface area contributed by atoms with Gasteiger partial charge in [-0.3, -0.25) is 4.79 Å². The summed E-state index contributed by atoms with van der Waals surface area (Å²) in [4.78, 5) is 15.3. The summed E-state index contributed by atoms with van der Waals surface area (Å²) in [7, 11) is 0. The fourth-order valence-corrected chi connectivity index (χ4v) is 2.56. The van der Waals surface area contributed by atoms with Crippen molar-refractivity contribution in [2.45, 2.75) is 12.8 Å². The van der Waals surface area contributed by atoms with E-state index in [-0.39, 0.29) is 5.91 Å². The summed E-state index contributed by atoms with van der Waals surface area (Å²) in [5, 5.41) is 3.95. The molecule has 1 aliphatic rings. The number of aromatic amines is 1. The molecule has 0 radical (unpaired) electrons. The third-order valence-corrected chi connectivity index (χ3v) is 3.78. The van der Waals surface area contributed by atoms with Crippen molar-refractivity contribution >= 4 is 22.5 Å². The number of rotatable bonds is 3. The minimum absolute atomic E-state index is 0.0636. The van der Waals surface area contributed by atoms with Crippen molar-refractivity contribution in [3.8, 4) is 0 Å². The molecule has 1 amide bonds. The number of carbonyl (C=O) groups excluding carboxylic acids is 1. The van der Waals surface area contributed by atoms with Gasteiger partial charge in [0.05, 0.1) is 0 Å². The average Bonchev–Trinajstić information content (AvgIpc) is 2.89. The lowest BCUT2D eigenvalue weighted by atomic mass is 10.0. The van der Waals surface area contributed by atoms with Gasteiger partial charge in [-0.25, -0.2) is 0 Å². The Balaban J connectivity index is 1.65. The molecule has 4 N–H and O–H groups in total. The molecule has 0 atom stereocenters. The summed E-state index contributed by atoms with van der Waals surface area (Å²) in [6.45, 7) is 2.30. The number of fused-ring (bicyclic) bond motifs is 1. The first kappa shape index (κ1) is 13.0. The summed E-state index contributed by atoms with van der Waals surface area (Å²) in [5.74, 6) is 0.457. The van der Waals surface area contributed by atoms with Gasteiger partial charge in [0.15, 0.2) is 0 Å². The Morgan fingerprint density at radius 1 is 1.35 bits per heavy atom. The molecule has 5 nitrogen and oxygen atoms in total. The molecule has 1 aromatic heterocycles. The Hall–Kier alpha value is -2.01. The van der Waals surface area contributed by atoms with Crippen LogP contribution in [0.2, 0.25) is 0 Å². The highest BCUT2D eigenvalue weighted by molar-refractivity contribution is 5.98. The molecule has 5 heteroatoms. The van der Waals surface area contributed by atoms with Crippen LogP contribution in [-0.4, -0.2) is 30.6 Å². The first-order chi connectivity index (χ1) is 9.72. The molecule has 0 spiro atoms. The van der Waals surface area contributed by atoms with Crippen LogP contribution in [0.5, 0.6) is 0 Å². The summed E-state index contributed by atoms with van der Waals surface area (Å²) in [6, 6.07) is 7.41. The SMILES string of the molecule is Nc1ccc2[nH]c(C(=O)NCC3CCOCC3)cc2c1. The van der Waals surface area contributed by atoms with E-state index in [9.17, 15) is 4.79 Å². The topological polar surface area (TPSA) is 80.1 Å². The lowest BCUT2D eigenvalue weighted by Crippen LogP contribution is -2.32. The van der Waals surface area contributed by atoms with Crippen molar-refractivity contribution < 1.29 is 9.53 Å². The highest BCUT2D eigenvalue weighted by atomic mass is 16.5. The number of H-pyrrole nitrogens is 1. The van der Waals surface area contributed by atoms with Crippen molar-refractivity contribution in [2.75, 3.05) is 25.5 Å². The smallest absolute Gasteiger partial charge is 0.267 e. The zero-order chi connectivity index (χ0) is 13.9. The molecule has 3 rings (SSSR count). The van der Waals surface area contributed by atoms with Gasteiger partial charge >= 0.3 is 0 Å². The second kappa shape index (κ2) is 5.54.